The molecule has 0 saturated heterocycles. The van der Waals surface area contributed by atoms with Gasteiger partial charge in [0.25, 0.3) is 10.0 Å². The Hall–Kier alpha value is -3.36. The third-order valence-electron chi connectivity index (χ3n) is 7.74. The molecule has 7 nitrogen and oxygen atoms in total. The van der Waals surface area contributed by atoms with Crippen LogP contribution in [0.25, 0.3) is 0 Å². The van der Waals surface area contributed by atoms with Gasteiger partial charge in [-0.25, -0.2) is 8.42 Å². The van der Waals surface area contributed by atoms with E-state index in [1.165, 1.54) is 17.0 Å². The summed E-state index contributed by atoms with van der Waals surface area (Å²) in [4.78, 5) is 29.0. The third kappa shape index (κ3) is 7.29. The summed E-state index contributed by atoms with van der Waals surface area (Å²) in [7, 11) is -4.16. The van der Waals surface area contributed by atoms with Crippen molar-refractivity contribution in [1.29, 1.82) is 0 Å². The van der Waals surface area contributed by atoms with Gasteiger partial charge in [-0.1, -0.05) is 78.0 Å². The van der Waals surface area contributed by atoms with E-state index in [9.17, 15) is 18.0 Å². The Balaban J connectivity index is 1.71. The molecule has 41 heavy (non-hydrogen) atoms. The number of rotatable bonds is 10. The zero-order chi connectivity index (χ0) is 29.7. The van der Waals surface area contributed by atoms with E-state index in [-0.39, 0.29) is 23.4 Å². The van der Waals surface area contributed by atoms with E-state index in [1.54, 1.807) is 44.2 Å². The van der Waals surface area contributed by atoms with E-state index in [0.717, 1.165) is 46.7 Å². The standard InChI is InChI=1S/C32H38ClN3O4S/c1-22-12-16-26(17-13-22)20-35(25(4)32(38)34-27-8-5-6-9-27)31(37)21-36(30-11-7-10-29(33)24(30)3)41(39,40)28-18-14-23(2)15-19-28/h7,10-19,25,27H,5-6,8-9,20-21H2,1-4H3,(H,34,38)/t25-/m1/s1. The van der Waals surface area contributed by atoms with Crippen LogP contribution in [0, 0.1) is 20.8 Å². The first kappa shape index (κ1) is 30.6. The van der Waals surface area contributed by atoms with Crippen LogP contribution in [0.4, 0.5) is 5.69 Å². The number of carbonyl (C=O) groups is 2. The van der Waals surface area contributed by atoms with Crippen molar-refractivity contribution in [2.75, 3.05) is 10.8 Å². The second-order valence-corrected chi connectivity index (χ2v) is 13.2. The highest BCUT2D eigenvalue weighted by atomic mass is 35.5. The maximum absolute atomic E-state index is 14.1. The summed E-state index contributed by atoms with van der Waals surface area (Å²) < 4.78 is 29.2. The summed E-state index contributed by atoms with van der Waals surface area (Å²) in [5, 5.41) is 3.48. The monoisotopic (exact) mass is 595 g/mol. The largest absolute Gasteiger partial charge is 0.352 e. The second-order valence-electron chi connectivity index (χ2n) is 10.9. The lowest BCUT2D eigenvalue weighted by atomic mass is 10.1. The summed E-state index contributed by atoms with van der Waals surface area (Å²) in [5.74, 6) is -0.737. The molecule has 3 aromatic carbocycles. The van der Waals surface area contributed by atoms with Gasteiger partial charge in [0.15, 0.2) is 0 Å². The molecule has 4 rings (SSSR count). The van der Waals surface area contributed by atoms with Crippen LogP contribution in [-0.2, 0) is 26.2 Å². The van der Waals surface area contributed by atoms with Crippen LogP contribution in [0.1, 0.15) is 54.9 Å². The van der Waals surface area contributed by atoms with Gasteiger partial charge in [0, 0.05) is 17.6 Å². The second kappa shape index (κ2) is 13.1. The van der Waals surface area contributed by atoms with Crippen LogP contribution in [0.3, 0.4) is 0 Å². The van der Waals surface area contributed by atoms with Gasteiger partial charge in [-0.2, -0.15) is 0 Å². The van der Waals surface area contributed by atoms with Crippen molar-refractivity contribution >= 4 is 39.1 Å². The predicted molar refractivity (Wildman–Crippen MR) is 163 cm³/mol. The predicted octanol–water partition coefficient (Wildman–Crippen LogP) is 5.94. The zero-order valence-electron chi connectivity index (χ0n) is 24.1. The molecule has 218 valence electrons. The molecule has 0 heterocycles. The quantitative estimate of drug-likeness (QED) is 0.314. The number of nitrogens with one attached hydrogen (secondary N) is 1. The Bertz CT molecular complexity index is 1480. The number of hydrogen-bond acceptors (Lipinski definition) is 4. The number of amides is 2. The van der Waals surface area contributed by atoms with Gasteiger partial charge in [-0.05, 0) is 75.9 Å². The van der Waals surface area contributed by atoms with Crippen molar-refractivity contribution in [3.8, 4) is 0 Å². The first-order valence-corrected chi connectivity index (χ1v) is 15.8. The highest BCUT2D eigenvalue weighted by Crippen LogP contribution is 2.31. The van der Waals surface area contributed by atoms with Gasteiger partial charge in [-0.15, -0.1) is 0 Å². The Morgan fingerprint density at radius 1 is 0.927 bits per heavy atom. The summed E-state index contributed by atoms with van der Waals surface area (Å²) in [6.07, 6.45) is 3.97. The molecule has 2 amide bonds. The number of anilines is 1. The smallest absolute Gasteiger partial charge is 0.264 e. The third-order valence-corrected chi connectivity index (χ3v) is 9.92. The van der Waals surface area contributed by atoms with E-state index in [2.05, 4.69) is 5.32 Å². The molecule has 0 aromatic heterocycles. The maximum Gasteiger partial charge on any atom is 0.264 e. The molecule has 1 saturated carbocycles. The molecule has 0 unspecified atom stereocenters. The van der Waals surface area contributed by atoms with Crippen molar-refractivity contribution in [2.45, 2.75) is 76.9 Å². The number of halogens is 1. The van der Waals surface area contributed by atoms with Crippen LogP contribution in [0.15, 0.2) is 71.6 Å². The van der Waals surface area contributed by atoms with Crippen molar-refractivity contribution in [2.24, 2.45) is 0 Å². The van der Waals surface area contributed by atoms with Crippen molar-refractivity contribution in [3.05, 3.63) is 94.0 Å². The highest BCUT2D eigenvalue weighted by molar-refractivity contribution is 7.92. The Morgan fingerprint density at radius 2 is 1.51 bits per heavy atom. The lowest BCUT2D eigenvalue weighted by Crippen LogP contribution is -2.52. The lowest BCUT2D eigenvalue weighted by molar-refractivity contribution is -0.139. The lowest BCUT2D eigenvalue weighted by Gasteiger charge is -2.33. The van der Waals surface area contributed by atoms with Crippen LogP contribution in [-0.4, -0.2) is 43.8 Å². The van der Waals surface area contributed by atoms with Crippen LogP contribution in [0.5, 0.6) is 0 Å². The minimum atomic E-state index is -4.16. The van der Waals surface area contributed by atoms with Crippen LogP contribution < -0.4 is 9.62 Å². The average Bonchev–Trinajstić information content (AvgIpc) is 3.46. The van der Waals surface area contributed by atoms with Gasteiger partial charge in [0.1, 0.15) is 12.6 Å². The Kier molecular flexibility index (Phi) is 9.76. The van der Waals surface area contributed by atoms with Gasteiger partial charge in [0.05, 0.1) is 10.6 Å². The fourth-order valence-electron chi connectivity index (χ4n) is 5.08. The molecular formula is C32H38ClN3O4S. The maximum atomic E-state index is 14.1. The van der Waals surface area contributed by atoms with Gasteiger partial charge < -0.3 is 10.2 Å². The van der Waals surface area contributed by atoms with E-state index in [0.29, 0.717) is 16.3 Å². The van der Waals surface area contributed by atoms with Gasteiger partial charge in [0.2, 0.25) is 11.8 Å². The molecule has 3 aromatic rings. The van der Waals surface area contributed by atoms with E-state index in [4.69, 9.17) is 11.6 Å². The minimum Gasteiger partial charge on any atom is -0.352 e. The SMILES string of the molecule is Cc1ccc(CN(C(=O)CN(c2cccc(Cl)c2C)S(=O)(=O)c2ccc(C)cc2)[C@H](C)C(=O)NC2CCCC2)cc1. The van der Waals surface area contributed by atoms with Crippen molar-refractivity contribution in [1.82, 2.24) is 10.2 Å². The molecule has 1 aliphatic carbocycles. The molecular weight excluding hydrogens is 558 g/mol. The molecule has 1 fully saturated rings. The molecule has 1 N–H and O–H groups in total. The van der Waals surface area contributed by atoms with E-state index >= 15 is 0 Å². The number of benzene rings is 3. The Labute approximate surface area is 248 Å². The van der Waals surface area contributed by atoms with Crippen LogP contribution in [0.2, 0.25) is 5.02 Å². The molecule has 0 aliphatic heterocycles. The molecule has 9 heteroatoms. The summed E-state index contributed by atoms with van der Waals surface area (Å²) in [6, 6.07) is 18.5. The van der Waals surface area contributed by atoms with Gasteiger partial charge in [-0.3, -0.25) is 13.9 Å². The first-order valence-electron chi connectivity index (χ1n) is 14.0. The summed E-state index contributed by atoms with van der Waals surface area (Å²) in [5.41, 5.74) is 3.68. The molecule has 1 aliphatic rings. The number of sulfonamides is 1. The number of hydrogen-bond donors (Lipinski definition) is 1. The summed E-state index contributed by atoms with van der Waals surface area (Å²) in [6.45, 7) is 6.93. The minimum absolute atomic E-state index is 0.0624. The van der Waals surface area contributed by atoms with Crippen molar-refractivity contribution < 1.29 is 18.0 Å². The fourth-order valence-corrected chi connectivity index (χ4v) is 6.72. The topological polar surface area (TPSA) is 86.8 Å². The molecule has 1 atom stereocenters. The average molecular weight is 596 g/mol. The number of nitrogens with zero attached hydrogens (tertiary/aromatic N) is 2. The Morgan fingerprint density at radius 3 is 2.12 bits per heavy atom. The summed E-state index contributed by atoms with van der Waals surface area (Å²) >= 11 is 6.40. The highest BCUT2D eigenvalue weighted by Gasteiger charge is 2.34. The van der Waals surface area contributed by atoms with E-state index < -0.39 is 28.5 Å². The number of aryl methyl sites for hydroxylation is 2. The first-order chi connectivity index (χ1) is 19.5. The fraction of sp³-hybridized carbons (Fsp3) is 0.375. The van der Waals surface area contributed by atoms with Crippen molar-refractivity contribution in [3.63, 3.8) is 0 Å². The normalized spacial score (nSPS) is 14.5. The number of carbonyl (C=O) groups excluding carboxylic acids is 2. The van der Waals surface area contributed by atoms with E-state index in [1.807, 2.05) is 38.1 Å². The molecule has 0 spiro atoms. The van der Waals surface area contributed by atoms with Crippen LogP contribution >= 0.6 is 11.6 Å². The zero-order valence-corrected chi connectivity index (χ0v) is 25.6. The van der Waals surface area contributed by atoms with Gasteiger partial charge >= 0.3 is 0 Å². The molecule has 0 radical (unpaired) electrons. The molecule has 0 bridgehead atoms.